The molecule has 2 aliphatic heterocycles. The van der Waals surface area contributed by atoms with Gasteiger partial charge in [-0.25, -0.2) is 4.98 Å². The Bertz CT molecular complexity index is 544. The van der Waals surface area contributed by atoms with Crippen LogP contribution in [0.3, 0.4) is 0 Å². The summed E-state index contributed by atoms with van der Waals surface area (Å²) in [5.74, 6) is 1.12. The second kappa shape index (κ2) is 3.08. The van der Waals surface area contributed by atoms with Crippen molar-refractivity contribution >= 4 is 0 Å². The highest BCUT2D eigenvalue weighted by Crippen LogP contribution is 2.23. The molecule has 0 bridgehead atoms. The number of rotatable bonds is 0. The van der Waals surface area contributed by atoms with Crippen molar-refractivity contribution < 1.29 is 5.21 Å². The number of hydrogen-bond acceptors (Lipinski definition) is 3. The molecule has 4 heteroatoms. The smallest absolute Gasteiger partial charge is 0.113 e. The standard InChI is InChI=1S/C11H11N3O/c15-13-9-3-1-4-10-8(9)7-12-11-5-2-6-14(10)11/h1,3-4,7,15H,2,5-6H2/b13-9-. The number of nitrogens with zero attached hydrogens (tertiary/aromatic N) is 3. The minimum absolute atomic E-state index is 0.585. The zero-order chi connectivity index (χ0) is 10.3. The largest absolute Gasteiger partial charge is 0.410 e. The molecule has 0 atom stereocenters. The third-order valence-electron chi connectivity index (χ3n) is 2.89. The molecule has 0 saturated carbocycles. The summed E-state index contributed by atoms with van der Waals surface area (Å²) < 4.78 is 2.20. The van der Waals surface area contributed by atoms with E-state index in [1.165, 1.54) is 0 Å². The fourth-order valence-electron chi connectivity index (χ4n) is 2.19. The van der Waals surface area contributed by atoms with Crippen LogP contribution in [0, 0.1) is 0 Å². The van der Waals surface area contributed by atoms with Gasteiger partial charge in [0.25, 0.3) is 0 Å². The number of hydrogen-bond donors (Lipinski definition) is 1. The molecule has 3 aliphatic rings. The van der Waals surface area contributed by atoms with Gasteiger partial charge in [-0.2, -0.15) is 0 Å². The minimum Gasteiger partial charge on any atom is -0.410 e. The van der Waals surface area contributed by atoms with Crippen molar-refractivity contribution in [2.45, 2.75) is 19.4 Å². The van der Waals surface area contributed by atoms with Crippen LogP contribution in [0.2, 0.25) is 0 Å². The van der Waals surface area contributed by atoms with Crippen molar-refractivity contribution in [2.24, 2.45) is 5.16 Å². The number of fused-ring (bicyclic) bond motifs is 3. The Morgan fingerprint density at radius 3 is 3.20 bits per heavy atom. The molecule has 2 heterocycles. The lowest BCUT2D eigenvalue weighted by Crippen LogP contribution is -2.13. The maximum absolute atomic E-state index is 8.87. The lowest BCUT2D eigenvalue weighted by molar-refractivity contribution is 0.302. The van der Waals surface area contributed by atoms with E-state index in [2.05, 4.69) is 14.7 Å². The van der Waals surface area contributed by atoms with E-state index in [1.807, 2.05) is 12.1 Å². The zero-order valence-electron chi connectivity index (χ0n) is 8.22. The van der Waals surface area contributed by atoms with Crippen molar-refractivity contribution in [1.82, 2.24) is 9.55 Å². The third kappa shape index (κ3) is 1.14. The average Bonchev–Trinajstić information content (AvgIpc) is 2.76. The molecule has 76 valence electrons. The number of benzene rings is 1. The first kappa shape index (κ1) is 8.47. The van der Waals surface area contributed by atoms with E-state index in [1.54, 1.807) is 12.3 Å². The molecule has 0 radical (unpaired) electrons. The summed E-state index contributed by atoms with van der Waals surface area (Å²) in [6, 6.07) is 5.73. The van der Waals surface area contributed by atoms with Gasteiger partial charge in [0.05, 0.1) is 5.69 Å². The SMILES string of the molecule is O/N=c1/cccc2n3c(ncc1-2)CCC3. The van der Waals surface area contributed by atoms with Crippen LogP contribution in [0.4, 0.5) is 0 Å². The lowest BCUT2D eigenvalue weighted by atomic mass is 10.1. The van der Waals surface area contributed by atoms with Crippen molar-refractivity contribution in [2.75, 3.05) is 0 Å². The van der Waals surface area contributed by atoms with Crippen molar-refractivity contribution in [3.8, 4) is 11.3 Å². The zero-order valence-corrected chi connectivity index (χ0v) is 8.22. The van der Waals surface area contributed by atoms with Crippen LogP contribution in [-0.2, 0) is 13.0 Å². The third-order valence-corrected chi connectivity index (χ3v) is 2.89. The van der Waals surface area contributed by atoms with Crippen molar-refractivity contribution in [3.63, 3.8) is 0 Å². The van der Waals surface area contributed by atoms with Gasteiger partial charge in [-0.15, -0.1) is 0 Å². The van der Waals surface area contributed by atoms with Crippen molar-refractivity contribution in [3.05, 3.63) is 35.6 Å². The molecular weight excluding hydrogens is 190 g/mol. The van der Waals surface area contributed by atoms with E-state index < -0.39 is 0 Å². The highest BCUT2D eigenvalue weighted by Gasteiger charge is 2.16. The molecule has 1 N–H and O–H groups in total. The number of aromatic nitrogens is 2. The molecule has 3 rings (SSSR count). The molecule has 0 spiro atoms. The molecule has 0 aromatic heterocycles. The summed E-state index contributed by atoms with van der Waals surface area (Å²) in [4.78, 5) is 4.39. The summed E-state index contributed by atoms with van der Waals surface area (Å²) in [5, 5.41) is 12.7. The topological polar surface area (TPSA) is 50.4 Å². The fourth-order valence-corrected chi connectivity index (χ4v) is 2.19. The van der Waals surface area contributed by atoms with Gasteiger partial charge in [0.15, 0.2) is 0 Å². The quantitative estimate of drug-likeness (QED) is 0.514. The molecule has 15 heavy (non-hydrogen) atoms. The van der Waals surface area contributed by atoms with Gasteiger partial charge in [0, 0.05) is 24.7 Å². The first-order valence-electron chi connectivity index (χ1n) is 5.06. The highest BCUT2D eigenvalue weighted by atomic mass is 16.4. The second-order valence-corrected chi connectivity index (χ2v) is 3.74. The van der Waals surface area contributed by atoms with E-state index >= 15 is 0 Å². The summed E-state index contributed by atoms with van der Waals surface area (Å²) in [7, 11) is 0. The van der Waals surface area contributed by atoms with Gasteiger partial charge in [0.2, 0.25) is 0 Å². The molecule has 1 aliphatic carbocycles. The molecule has 0 unspecified atom stereocenters. The van der Waals surface area contributed by atoms with E-state index in [0.29, 0.717) is 5.36 Å². The average molecular weight is 201 g/mol. The predicted molar refractivity (Wildman–Crippen MR) is 54.5 cm³/mol. The van der Waals surface area contributed by atoms with E-state index in [4.69, 9.17) is 5.21 Å². The van der Waals surface area contributed by atoms with Crippen LogP contribution in [0.5, 0.6) is 0 Å². The van der Waals surface area contributed by atoms with Crippen LogP contribution in [-0.4, -0.2) is 14.8 Å². The predicted octanol–water partition coefficient (Wildman–Crippen LogP) is 1.22. The fraction of sp³-hybridized carbons (Fsp3) is 0.273. The molecule has 0 saturated heterocycles. The molecule has 0 amide bonds. The Balaban J connectivity index is 2.40. The van der Waals surface area contributed by atoms with Crippen molar-refractivity contribution in [1.29, 1.82) is 0 Å². The molecule has 0 aromatic carbocycles. The van der Waals surface area contributed by atoms with Crippen LogP contribution >= 0.6 is 0 Å². The van der Waals surface area contributed by atoms with Crippen LogP contribution in [0.1, 0.15) is 12.2 Å². The van der Waals surface area contributed by atoms with Gasteiger partial charge < -0.3 is 9.77 Å². The Morgan fingerprint density at radius 2 is 2.33 bits per heavy atom. The van der Waals surface area contributed by atoms with Gasteiger partial charge in [0.1, 0.15) is 11.2 Å². The monoisotopic (exact) mass is 201 g/mol. The first-order valence-corrected chi connectivity index (χ1v) is 5.06. The lowest BCUT2D eigenvalue weighted by Gasteiger charge is -2.12. The summed E-state index contributed by atoms with van der Waals surface area (Å²) in [5.41, 5.74) is 2.01. The maximum atomic E-state index is 8.87. The minimum atomic E-state index is 0.585. The Morgan fingerprint density at radius 1 is 1.40 bits per heavy atom. The molecule has 0 fully saturated rings. The van der Waals surface area contributed by atoms with Crippen LogP contribution in [0.15, 0.2) is 29.6 Å². The van der Waals surface area contributed by atoms with Crippen LogP contribution in [0.25, 0.3) is 11.3 Å². The van der Waals surface area contributed by atoms with Gasteiger partial charge in [-0.3, -0.25) is 0 Å². The summed E-state index contributed by atoms with van der Waals surface area (Å²) in [6.45, 7) is 1.01. The second-order valence-electron chi connectivity index (χ2n) is 3.74. The molecule has 4 nitrogen and oxygen atoms in total. The normalized spacial score (nSPS) is 15.9. The van der Waals surface area contributed by atoms with Crippen LogP contribution < -0.4 is 5.36 Å². The van der Waals surface area contributed by atoms with Gasteiger partial charge >= 0.3 is 0 Å². The van der Waals surface area contributed by atoms with E-state index in [9.17, 15) is 0 Å². The van der Waals surface area contributed by atoms with E-state index in [-0.39, 0.29) is 0 Å². The number of aryl methyl sites for hydroxylation is 1. The summed E-state index contributed by atoms with van der Waals surface area (Å²) in [6.07, 6.45) is 3.98. The Labute approximate surface area is 86.8 Å². The highest BCUT2D eigenvalue weighted by molar-refractivity contribution is 5.59. The molecular formula is C11H11N3O. The Hall–Kier alpha value is -1.84. The first-order chi connectivity index (χ1) is 7.40. The maximum Gasteiger partial charge on any atom is 0.113 e. The Kier molecular flexibility index (Phi) is 1.74. The summed E-state index contributed by atoms with van der Waals surface area (Å²) >= 11 is 0. The van der Waals surface area contributed by atoms with Gasteiger partial charge in [-0.1, -0.05) is 11.2 Å². The molecule has 0 aromatic rings. The van der Waals surface area contributed by atoms with Gasteiger partial charge in [-0.05, 0) is 18.6 Å². The van der Waals surface area contributed by atoms with E-state index in [0.717, 1.165) is 36.5 Å².